The lowest BCUT2D eigenvalue weighted by molar-refractivity contribution is 0.0390. The van der Waals surface area contributed by atoms with E-state index >= 15 is 0 Å². The Kier molecular flexibility index (Phi) is 5.57. The molecule has 1 saturated carbocycles. The van der Waals surface area contributed by atoms with Crippen molar-refractivity contribution < 1.29 is 9.21 Å². The van der Waals surface area contributed by atoms with Crippen molar-refractivity contribution in [3.8, 4) is 17.3 Å². The van der Waals surface area contributed by atoms with Crippen molar-refractivity contribution in [2.24, 2.45) is 5.92 Å². The van der Waals surface area contributed by atoms with Crippen LogP contribution in [0, 0.1) is 12.8 Å². The fraction of sp³-hybridized carbons (Fsp3) is 0.520. The summed E-state index contributed by atoms with van der Waals surface area (Å²) in [6.45, 7) is 6.89. The average Bonchev–Trinajstić information content (AvgIpc) is 3.45. The Morgan fingerprint density at radius 2 is 1.91 bits per heavy atom. The van der Waals surface area contributed by atoms with E-state index in [0.29, 0.717) is 29.4 Å². The van der Waals surface area contributed by atoms with Gasteiger partial charge in [-0.2, -0.15) is 5.10 Å². The summed E-state index contributed by atoms with van der Waals surface area (Å²) in [5.74, 6) is 1.98. The van der Waals surface area contributed by atoms with Crippen LogP contribution in [0.4, 0.5) is 0 Å². The molecule has 0 N–H and O–H groups in total. The third kappa shape index (κ3) is 3.85. The van der Waals surface area contributed by atoms with Gasteiger partial charge in [0.25, 0.3) is 11.8 Å². The van der Waals surface area contributed by atoms with Crippen molar-refractivity contribution >= 4 is 5.91 Å². The average molecular weight is 434 g/mol. The van der Waals surface area contributed by atoms with Gasteiger partial charge in [0, 0.05) is 30.8 Å². The SMILES string of the molecule is Cc1nnc(-c2cc(C(C)C)n(-c3cccc(C(=O)N4CCC[C@H]5CCCC[C@@H]54)c3)n2)o1. The van der Waals surface area contributed by atoms with Crippen LogP contribution in [-0.2, 0) is 0 Å². The van der Waals surface area contributed by atoms with E-state index in [-0.39, 0.29) is 11.8 Å². The molecule has 5 rings (SSSR count). The van der Waals surface area contributed by atoms with Gasteiger partial charge in [0.1, 0.15) is 5.69 Å². The van der Waals surface area contributed by atoms with E-state index in [0.717, 1.165) is 36.3 Å². The van der Waals surface area contributed by atoms with Crippen molar-refractivity contribution in [2.45, 2.75) is 71.3 Å². The highest BCUT2D eigenvalue weighted by atomic mass is 16.4. The molecule has 1 amide bonds. The maximum Gasteiger partial charge on any atom is 0.268 e. The van der Waals surface area contributed by atoms with Gasteiger partial charge in [-0.25, -0.2) is 4.68 Å². The van der Waals surface area contributed by atoms with Crippen molar-refractivity contribution in [1.82, 2.24) is 24.9 Å². The smallest absolute Gasteiger partial charge is 0.268 e. The Morgan fingerprint density at radius 1 is 1.09 bits per heavy atom. The first-order chi connectivity index (χ1) is 15.5. The van der Waals surface area contributed by atoms with Crippen LogP contribution in [0.3, 0.4) is 0 Å². The number of hydrogen-bond donors (Lipinski definition) is 0. The van der Waals surface area contributed by atoms with Crippen molar-refractivity contribution in [3.05, 3.63) is 47.5 Å². The quantitative estimate of drug-likeness (QED) is 0.569. The minimum absolute atomic E-state index is 0.148. The first kappa shape index (κ1) is 20.9. The molecule has 1 saturated heterocycles. The Morgan fingerprint density at radius 3 is 2.69 bits per heavy atom. The van der Waals surface area contributed by atoms with Gasteiger partial charge in [-0.3, -0.25) is 4.79 Å². The first-order valence-corrected chi connectivity index (χ1v) is 11.8. The molecule has 1 aliphatic heterocycles. The summed E-state index contributed by atoms with van der Waals surface area (Å²) >= 11 is 0. The van der Waals surface area contributed by atoms with Crippen molar-refractivity contribution in [2.75, 3.05) is 6.54 Å². The van der Waals surface area contributed by atoms with Crippen LogP contribution in [0.25, 0.3) is 17.3 Å². The molecule has 2 aromatic heterocycles. The predicted octanol–water partition coefficient (Wildman–Crippen LogP) is 5.15. The molecule has 3 aromatic rings. The lowest BCUT2D eigenvalue weighted by atomic mass is 9.78. The number of amides is 1. The van der Waals surface area contributed by atoms with Gasteiger partial charge >= 0.3 is 0 Å². The number of piperidine rings is 1. The van der Waals surface area contributed by atoms with E-state index in [2.05, 4.69) is 28.9 Å². The van der Waals surface area contributed by atoms with Crippen LogP contribution < -0.4 is 0 Å². The lowest BCUT2D eigenvalue weighted by Crippen LogP contribution is -2.49. The van der Waals surface area contributed by atoms with Crippen LogP contribution in [0.1, 0.15) is 80.2 Å². The van der Waals surface area contributed by atoms with Gasteiger partial charge < -0.3 is 9.32 Å². The Balaban J connectivity index is 1.47. The number of nitrogens with zero attached hydrogens (tertiary/aromatic N) is 5. The van der Waals surface area contributed by atoms with Crippen LogP contribution in [0.2, 0.25) is 0 Å². The highest BCUT2D eigenvalue weighted by molar-refractivity contribution is 5.95. The summed E-state index contributed by atoms with van der Waals surface area (Å²) in [5.41, 5.74) is 3.28. The van der Waals surface area contributed by atoms with Crippen LogP contribution >= 0.6 is 0 Å². The number of rotatable bonds is 4. The highest BCUT2D eigenvalue weighted by Gasteiger charge is 2.36. The molecule has 7 heteroatoms. The van der Waals surface area contributed by atoms with Crippen LogP contribution in [0.5, 0.6) is 0 Å². The predicted molar refractivity (Wildman–Crippen MR) is 122 cm³/mol. The van der Waals surface area contributed by atoms with Gasteiger partial charge in [0.15, 0.2) is 0 Å². The van der Waals surface area contributed by atoms with Crippen molar-refractivity contribution in [1.29, 1.82) is 0 Å². The minimum atomic E-state index is 0.148. The number of benzene rings is 1. The number of carbonyl (C=O) groups is 1. The second-order valence-electron chi connectivity index (χ2n) is 9.45. The topological polar surface area (TPSA) is 77.1 Å². The molecule has 3 heterocycles. The molecular weight excluding hydrogens is 402 g/mol. The molecule has 32 heavy (non-hydrogen) atoms. The molecule has 0 bridgehead atoms. The standard InChI is InChI=1S/C25H31N5O2/c1-16(2)23-15-21(24-27-26-17(3)32-24)28-30(23)20-11-6-9-19(14-20)25(31)29-13-7-10-18-8-4-5-12-22(18)29/h6,9,11,14-16,18,22H,4-5,7-8,10,12-13H2,1-3H3/t18-,22+/m1/s1. The normalized spacial score (nSPS) is 21.1. The number of fused-ring (bicyclic) bond motifs is 1. The van der Waals surface area contributed by atoms with Gasteiger partial charge in [-0.05, 0) is 61.8 Å². The third-order valence-electron chi connectivity index (χ3n) is 6.92. The molecule has 1 aromatic carbocycles. The number of carbonyl (C=O) groups excluding carboxylic acids is 1. The summed E-state index contributed by atoms with van der Waals surface area (Å²) < 4.78 is 7.48. The maximum absolute atomic E-state index is 13.5. The Hall–Kier alpha value is -2.96. The van der Waals surface area contributed by atoms with E-state index in [1.165, 1.54) is 25.7 Å². The van der Waals surface area contributed by atoms with Gasteiger partial charge in [-0.15, -0.1) is 10.2 Å². The molecule has 0 spiro atoms. The second kappa shape index (κ2) is 8.52. The zero-order valence-corrected chi connectivity index (χ0v) is 19.1. The number of aryl methyl sites for hydroxylation is 1. The summed E-state index contributed by atoms with van der Waals surface area (Å²) in [6, 6.07) is 10.2. The third-order valence-corrected chi connectivity index (χ3v) is 6.92. The molecule has 168 valence electrons. The lowest BCUT2D eigenvalue weighted by Gasteiger charge is -2.44. The molecule has 0 radical (unpaired) electrons. The zero-order valence-electron chi connectivity index (χ0n) is 19.1. The second-order valence-corrected chi connectivity index (χ2v) is 9.45. The number of aromatic nitrogens is 4. The highest BCUT2D eigenvalue weighted by Crippen LogP contribution is 2.36. The molecule has 2 aliphatic rings. The van der Waals surface area contributed by atoms with Gasteiger partial charge in [0.2, 0.25) is 5.89 Å². The molecule has 1 aliphatic carbocycles. The number of likely N-dealkylation sites (tertiary alicyclic amines) is 1. The molecular formula is C25H31N5O2. The Labute approximate surface area is 188 Å². The van der Waals surface area contributed by atoms with Crippen LogP contribution in [0.15, 0.2) is 34.7 Å². The summed E-state index contributed by atoms with van der Waals surface area (Å²) in [4.78, 5) is 15.7. The maximum atomic E-state index is 13.5. The zero-order chi connectivity index (χ0) is 22.2. The van der Waals surface area contributed by atoms with E-state index in [1.54, 1.807) is 6.92 Å². The fourth-order valence-corrected chi connectivity index (χ4v) is 5.33. The largest absolute Gasteiger partial charge is 0.420 e. The Bertz CT molecular complexity index is 1110. The van der Waals surface area contributed by atoms with Gasteiger partial charge in [-0.1, -0.05) is 32.8 Å². The summed E-state index contributed by atoms with van der Waals surface area (Å²) in [5, 5.41) is 12.8. The van der Waals surface area contributed by atoms with E-state index < -0.39 is 0 Å². The molecule has 2 fully saturated rings. The molecule has 7 nitrogen and oxygen atoms in total. The summed E-state index contributed by atoms with van der Waals surface area (Å²) in [7, 11) is 0. The molecule has 2 atom stereocenters. The van der Waals surface area contributed by atoms with E-state index in [9.17, 15) is 4.79 Å². The van der Waals surface area contributed by atoms with Crippen LogP contribution in [-0.4, -0.2) is 43.4 Å². The first-order valence-electron chi connectivity index (χ1n) is 11.8. The van der Waals surface area contributed by atoms with Gasteiger partial charge in [0.05, 0.1) is 5.69 Å². The number of hydrogen-bond acceptors (Lipinski definition) is 5. The van der Waals surface area contributed by atoms with E-state index in [1.807, 2.05) is 35.0 Å². The molecule has 0 unspecified atom stereocenters. The fourth-order valence-electron chi connectivity index (χ4n) is 5.33. The van der Waals surface area contributed by atoms with Crippen molar-refractivity contribution in [3.63, 3.8) is 0 Å². The monoisotopic (exact) mass is 433 g/mol. The summed E-state index contributed by atoms with van der Waals surface area (Å²) in [6.07, 6.45) is 7.30. The van der Waals surface area contributed by atoms with E-state index in [4.69, 9.17) is 9.52 Å². The minimum Gasteiger partial charge on any atom is -0.420 e.